The highest BCUT2D eigenvalue weighted by molar-refractivity contribution is 5.59. The van der Waals surface area contributed by atoms with E-state index in [4.69, 9.17) is 9.37 Å². The Morgan fingerprint density at radius 2 is 1.95 bits per heavy atom. The molecule has 0 atom stereocenters. The van der Waals surface area contributed by atoms with Crippen LogP contribution in [0.3, 0.4) is 0 Å². The van der Waals surface area contributed by atoms with Gasteiger partial charge in [0.2, 0.25) is 5.69 Å². The number of hydrogen-bond acceptors (Lipinski definition) is 4. The van der Waals surface area contributed by atoms with Gasteiger partial charge in [0.15, 0.2) is 4.60 Å². The van der Waals surface area contributed by atoms with E-state index in [0.717, 1.165) is 24.3 Å². The van der Waals surface area contributed by atoms with Crippen LogP contribution in [0.1, 0.15) is 5.69 Å². The van der Waals surface area contributed by atoms with Crippen LogP contribution in [0.2, 0.25) is 0 Å². The number of aromatic nitrogens is 2. The van der Waals surface area contributed by atoms with Gasteiger partial charge in [-0.3, -0.25) is 4.90 Å². The van der Waals surface area contributed by atoms with Gasteiger partial charge in [-0.25, -0.2) is 0 Å². The Morgan fingerprint density at radius 3 is 2.68 bits per heavy atom. The summed E-state index contributed by atoms with van der Waals surface area (Å²) in [5.41, 5.74) is 2.29. The number of aromatic amines is 1. The summed E-state index contributed by atoms with van der Waals surface area (Å²) in [6.07, 6.45) is 0. The summed E-state index contributed by atoms with van der Waals surface area (Å²) in [5, 5.41) is 2.70. The van der Waals surface area contributed by atoms with E-state index >= 15 is 0 Å². The fraction of sp³-hybridized carbons (Fsp3) is 0.385. The molecule has 1 aromatic carbocycles. The summed E-state index contributed by atoms with van der Waals surface area (Å²) in [7, 11) is 0. The second-order valence-electron chi connectivity index (χ2n) is 4.53. The molecule has 1 aliphatic rings. The van der Waals surface area contributed by atoms with E-state index in [1.54, 1.807) is 0 Å². The summed E-state index contributed by atoms with van der Waals surface area (Å²) in [4.78, 5) is 13.9. The summed E-state index contributed by atoms with van der Waals surface area (Å²) in [6.45, 7) is 3.64. The first-order chi connectivity index (χ1) is 9.34. The third kappa shape index (κ3) is 2.59. The molecule has 19 heavy (non-hydrogen) atoms. The molecule has 3 rings (SSSR count). The smallest absolute Gasteiger partial charge is 0.263 e. The highest BCUT2D eigenvalue weighted by Crippen LogP contribution is 2.19. The van der Waals surface area contributed by atoms with E-state index in [9.17, 15) is 4.91 Å². The summed E-state index contributed by atoms with van der Waals surface area (Å²) < 4.78 is 10.7. The predicted octanol–water partition coefficient (Wildman–Crippen LogP) is 1.02. The fourth-order valence-electron chi connectivity index (χ4n) is 2.23. The Kier molecular flexibility index (Phi) is 3.43. The first-order valence-electron chi connectivity index (χ1n) is 6.33. The molecule has 1 saturated heterocycles. The molecule has 0 radical (unpaired) electrons. The molecular weight excluding hydrogens is 246 g/mol. The maximum Gasteiger partial charge on any atom is 0.263 e. The van der Waals surface area contributed by atoms with Crippen molar-refractivity contribution in [3.05, 3.63) is 40.9 Å². The molecule has 1 N–H and O–H groups in total. The lowest BCUT2D eigenvalue weighted by molar-refractivity contribution is -0.720. The monoisotopic (exact) mass is 262 g/mol. The zero-order chi connectivity index (χ0) is 13.1. The van der Waals surface area contributed by atoms with Gasteiger partial charge in [-0.1, -0.05) is 40.1 Å². The standard InChI is InChI=1S/C13H16N3O3/c17-16-12(10-15-6-8-18-9-7-15)13(14-19-16)11-4-2-1-3-5-11/h1-5,14H,6-10H2/q+1. The lowest BCUT2D eigenvalue weighted by Crippen LogP contribution is -2.37. The van der Waals surface area contributed by atoms with Crippen LogP contribution in [-0.2, 0) is 11.3 Å². The third-order valence-corrected chi connectivity index (χ3v) is 3.28. The number of morpholine rings is 1. The molecule has 1 aliphatic heterocycles. The lowest BCUT2D eigenvalue weighted by atomic mass is 10.1. The lowest BCUT2D eigenvalue weighted by Gasteiger charge is -2.24. The zero-order valence-electron chi connectivity index (χ0n) is 10.5. The highest BCUT2D eigenvalue weighted by Gasteiger charge is 2.24. The van der Waals surface area contributed by atoms with Crippen LogP contribution in [0, 0.1) is 4.91 Å². The summed E-state index contributed by atoms with van der Waals surface area (Å²) >= 11 is 0. The van der Waals surface area contributed by atoms with Crippen molar-refractivity contribution in [1.29, 1.82) is 0 Å². The Morgan fingerprint density at radius 1 is 1.21 bits per heavy atom. The van der Waals surface area contributed by atoms with Gasteiger partial charge in [-0.15, -0.1) is 0 Å². The van der Waals surface area contributed by atoms with E-state index in [1.807, 2.05) is 30.3 Å². The van der Waals surface area contributed by atoms with E-state index in [-0.39, 0.29) is 0 Å². The van der Waals surface area contributed by atoms with E-state index in [1.165, 1.54) is 0 Å². The molecular formula is C13H16N3O3+. The van der Waals surface area contributed by atoms with E-state index < -0.39 is 0 Å². The second kappa shape index (κ2) is 5.38. The van der Waals surface area contributed by atoms with Crippen molar-refractivity contribution >= 4 is 0 Å². The van der Waals surface area contributed by atoms with Crippen LogP contribution >= 0.6 is 0 Å². The van der Waals surface area contributed by atoms with Gasteiger partial charge in [0.05, 0.1) is 19.8 Å². The second-order valence-corrected chi connectivity index (χ2v) is 4.53. The molecule has 0 unspecified atom stereocenters. The van der Waals surface area contributed by atoms with Crippen molar-refractivity contribution in [2.45, 2.75) is 6.54 Å². The summed E-state index contributed by atoms with van der Waals surface area (Å²) in [5.74, 6) is 0. The quantitative estimate of drug-likeness (QED) is 0.897. The van der Waals surface area contributed by atoms with Crippen LogP contribution in [0.5, 0.6) is 0 Å². The normalized spacial score (nSPS) is 16.6. The molecule has 0 spiro atoms. The van der Waals surface area contributed by atoms with Crippen LogP contribution in [0.25, 0.3) is 11.3 Å². The number of ether oxygens (including phenoxy) is 1. The number of benzene rings is 1. The van der Waals surface area contributed by atoms with Gasteiger partial charge < -0.3 is 4.74 Å². The van der Waals surface area contributed by atoms with Crippen LogP contribution in [0.15, 0.2) is 35.0 Å². The maximum atomic E-state index is 11.7. The molecule has 0 aliphatic carbocycles. The predicted molar refractivity (Wildman–Crippen MR) is 68.0 cm³/mol. The molecule has 2 heterocycles. The Bertz CT molecular complexity index is 585. The summed E-state index contributed by atoms with van der Waals surface area (Å²) in [6, 6.07) is 9.71. The average molecular weight is 262 g/mol. The number of rotatable bonds is 3. The minimum Gasteiger partial charge on any atom is -0.379 e. The Balaban J connectivity index is 1.88. The molecule has 1 fully saturated rings. The highest BCUT2D eigenvalue weighted by atomic mass is 16.7. The van der Waals surface area contributed by atoms with Crippen LogP contribution in [-0.4, -0.2) is 36.4 Å². The third-order valence-electron chi connectivity index (χ3n) is 3.28. The van der Waals surface area contributed by atoms with E-state index in [0.29, 0.717) is 30.1 Å². The number of nitrogens with zero attached hydrogens (tertiary/aromatic N) is 2. The SMILES string of the molecule is O=[n+]1o[nH]c(-c2ccccc2)c1CN1CCOCC1. The van der Waals surface area contributed by atoms with Gasteiger partial charge in [-0.2, -0.15) is 0 Å². The van der Waals surface area contributed by atoms with Crippen LogP contribution in [0.4, 0.5) is 0 Å². The first-order valence-corrected chi connectivity index (χ1v) is 6.33. The zero-order valence-corrected chi connectivity index (χ0v) is 10.5. The van der Waals surface area contributed by atoms with Crippen molar-refractivity contribution < 1.29 is 14.0 Å². The first kappa shape index (κ1) is 12.1. The largest absolute Gasteiger partial charge is 0.379 e. The van der Waals surface area contributed by atoms with Gasteiger partial charge in [0.25, 0.3) is 5.69 Å². The molecule has 0 amide bonds. The number of hydrogen-bond donors (Lipinski definition) is 1. The molecule has 100 valence electrons. The van der Waals surface area contributed by atoms with Crippen molar-refractivity contribution in [2.75, 3.05) is 26.3 Å². The number of nitrogens with one attached hydrogen (secondary N) is 1. The molecule has 6 nitrogen and oxygen atoms in total. The Labute approximate surface area is 110 Å². The van der Waals surface area contributed by atoms with Crippen molar-refractivity contribution in [3.8, 4) is 11.3 Å². The molecule has 0 bridgehead atoms. The van der Waals surface area contributed by atoms with Gasteiger partial charge in [0, 0.05) is 18.7 Å². The van der Waals surface area contributed by atoms with Gasteiger partial charge in [0.1, 0.15) is 0 Å². The molecule has 2 aromatic rings. The van der Waals surface area contributed by atoms with Crippen LogP contribution < -0.4 is 4.60 Å². The fourth-order valence-corrected chi connectivity index (χ4v) is 2.23. The van der Waals surface area contributed by atoms with E-state index in [2.05, 4.69) is 10.1 Å². The van der Waals surface area contributed by atoms with Crippen molar-refractivity contribution in [1.82, 2.24) is 10.1 Å². The molecule has 0 saturated carbocycles. The Hall–Kier alpha value is -1.92. The van der Waals surface area contributed by atoms with Crippen molar-refractivity contribution in [3.63, 3.8) is 0 Å². The molecule has 6 heteroatoms. The van der Waals surface area contributed by atoms with Gasteiger partial charge in [-0.05, 0) is 4.91 Å². The van der Waals surface area contributed by atoms with Crippen molar-refractivity contribution in [2.24, 2.45) is 0 Å². The minimum absolute atomic E-state index is 0.553. The molecule has 1 aromatic heterocycles. The average Bonchev–Trinajstić information content (AvgIpc) is 2.82. The number of H-pyrrole nitrogens is 1. The topological polar surface area (TPSA) is 64.4 Å². The maximum absolute atomic E-state index is 11.7. The minimum atomic E-state index is 0.553. The van der Waals surface area contributed by atoms with Gasteiger partial charge >= 0.3 is 0 Å².